The van der Waals surface area contributed by atoms with Crippen molar-refractivity contribution in [3.05, 3.63) is 47.2 Å². The van der Waals surface area contributed by atoms with Crippen LogP contribution >= 0.6 is 0 Å². The zero-order valence-corrected chi connectivity index (χ0v) is 20.8. The highest BCUT2D eigenvalue weighted by molar-refractivity contribution is 6.06. The predicted octanol–water partition coefficient (Wildman–Crippen LogP) is 0.130. The fourth-order valence-electron chi connectivity index (χ4n) is 4.27. The first-order valence-corrected chi connectivity index (χ1v) is 12.3. The molecule has 4 rings (SSSR count). The van der Waals surface area contributed by atoms with Gasteiger partial charge in [-0.15, -0.1) is 0 Å². The van der Waals surface area contributed by atoms with Crippen molar-refractivity contribution in [2.45, 2.75) is 38.5 Å². The van der Waals surface area contributed by atoms with E-state index in [2.05, 4.69) is 55.2 Å². The molecule has 10 heteroatoms. The molecule has 0 radical (unpaired) electrons. The smallest absolute Gasteiger partial charge is 0.267 e. The van der Waals surface area contributed by atoms with Crippen molar-refractivity contribution in [3.8, 4) is 0 Å². The van der Waals surface area contributed by atoms with Crippen LogP contribution in [0, 0.1) is 0 Å². The van der Waals surface area contributed by atoms with Crippen LogP contribution in [0.2, 0.25) is 0 Å². The molecule has 0 saturated carbocycles. The minimum Gasteiger partial charge on any atom is -0.373 e. The molecular formula is C25H36N8O2. The van der Waals surface area contributed by atoms with Crippen molar-refractivity contribution in [2.24, 2.45) is 9.98 Å². The molecule has 0 spiro atoms. The van der Waals surface area contributed by atoms with Crippen molar-refractivity contribution < 1.29 is 9.59 Å². The van der Waals surface area contributed by atoms with Gasteiger partial charge in [-0.2, -0.15) is 0 Å². The third kappa shape index (κ3) is 6.97. The number of nitrogens with zero attached hydrogens (tertiary/aromatic N) is 5. The Balaban J connectivity index is 1.24. The third-order valence-corrected chi connectivity index (χ3v) is 6.32. The number of carbonyl (C=O) groups excluding carboxylic acids is 2. The van der Waals surface area contributed by atoms with Gasteiger partial charge in [0.2, 0.25) is 5.91 Å². The van der Waals surface area contributed by atoms with Crippen LogP contribution in [0.15, 0.2) is 46.0 Å². The summed E-state index contributed by atoms with van der Waals surface area (Å²) in [5, 5.41) is 8.04. The van der Waals surface area contributed by atoms with Gasteiger partial charge in [0.25, 0.3) is 5.91 Å². The van der Waals surface area contributed by atoms with Gasteiger partial charge in [-0.3, -0.25) is 14.5 Å². The van der Waals surface area contributed by atoms with Gasteiger partial charge in [-0.05, 0) is 30.9 Å². The van der Waals surface area contributed by atoms with E-state index in [9.17, 15) is 9.59 Å². The molecule has 1 aromatic carbocycles. The summed E-state index contributed by atoms with van der Waals surface area (Å²) < 4.78 is 0. The van der Waals surface area contributed by atoms with Crippen LogP contribution in [0.3, 0.4) is 0 Å². The minimum absolute atomic E-state index is 0.0260. The van der Waals surface area contributed by atoms with E-state index >= 15 is 0 Å². The first-order valence-electron chi connectivity index (χ1n) is 12.3. The lowest BCUT2D eigenvalue weighted by Gasteiger charge is -2.37. The number of rotatable bonds is 8. The van der Waals surface area contributed by atoms with Gasteiger partial charge in [0.1, 0.15) is 11.9 Å². The first-order chi connectivity index (χ1) is 16.9. The molecule has 3 N–H and O–H groups in total. The molecule has 1 saturated heterocycles. The zero-order chi connectivity index (χ0) is 24.8. The van der Waals surface area contributed by atoms with Crippen molar-refractivity contribution in [1.82, 2.24) is 30.9 Å². The van der Waals surface area contributed by atoms with E-state index in [-0.39, 0.29) is 24.0 Å². The maximum Gasteiger partial charge on any atom is 0.267 e. The molecule has 2 amide bonds. The lowest BCUT2D eigenvalue weighted by molar-refractivity contribution is -0.133. The quantitative estimate of drug-likeness (QED) is 0.457. The van der Waals surface area contributed by atoms with Crippen LogP contribution in [0.4, 0.5) is 0 Å². The van der Waals surface area contributed by atoms with Crippen LogP contribution in [0.25, 0.3) is 0 Å². The predicted molar refractivity (Wildman–Crippen MR) is 137 cm³/mol. The SMILES string of the molecule is CC1C=NC(=NC2CN(CC(=O)N(C)C)N2)C=C(C(=O)NCCCN2CCc3ccccc3C2)N1. The van der Waals surface area contributed by atoms with Gasteiger partial charge in [-0.25, -0.2) is 20.4 Å². The van der Waals surface area contributed by atoms with E-state index < -0.39 is 0 Å². The maximum absolute atomic E-state index is 12.8. The van der Waals surface area contributed by atoms with Crippen LogP contribution in [-0.2, 0) is 22.6 Å². The summed E-state index contributed by atoms with van der Waals surface area (Å²) in [6, 6.07) is 8.54. The second-order valence-electron chi connectivity index (χ2n) is 9.47. The Morgan fingerprint density at radius 2 is 2.03 bits per heavy atom. The fourth-order valence-corrected chi connectivity index (χ4v) is 4.27. The van der Waals surface area contributed by atoms with E-state index in [1.165, 1.54) is 11.1 Å². The second kappa shape index (κ2) is 11.6. The van der Waals surface area contributed by atoms with Crippen LogP contribution < -0.4 is 16.1 Å². The number of benzene rings is 1. The normalized spacial score (nSPS) is 23.5. The standard InChI is InChI=1S/C25H36N8O2/c1-18-14-27-22(29-23-16-33(30-23)17-24(34)31(2)3)13-21(28-18)25(35)26-10-6-11-32-12-9-19-7-4-5-8-20(19)15-32/h4-5,7-8,13-14,18,23,28,30H,6,9-12,15-17H2,1-3H3,(H,26,35). The van der Waals surface area contributed by atoms with Crippen LogP contribution in [-0.4, -0.2) is 97.7 Å². The van der Waals surface area contributed by atoms with Gasteiger partial charge >= 0.3 is 0 Å². The highest BCUT2D eigenvalue weighted by Gasteiger charge is 2.28. The molecule has 35 heavy (non-hydrogen) atoms. The molecule has 0 bridgehead atoms. The number of likely N-dealkylation sites (N-methyl/N-ethyl adjacent to an activating group) is 1. The van der Waals surface area contributed by atoms with Gasteiger partial charge < -0.3 is 15.5 Å². The molecule has 1 aromatic rings. The Morgan fingerprint density at radius 3 is 2.80 bits per heavy atom. The Labute approximate surface area is 207 Å². The van der Waals surface area contributed by atoms with Gasteiger partial charge in [-0.1, -0.05) is 24.3 Å². The molecule has 3 heterocycles. The summed E-state index contributed by atoms with van der Waals surface area (Å²) in [7, 11) is 3.47. The molecule has 1 fully saturated rings. The number of hydrogen-bond acceptors (Lipinski definition) is 7. The van der Waals surface area contributed by atoms with E-state index in [4.69, 9.17) is 0 Å². The van der Waals surface area contributed by atoms with Crippen molar-refractivity contribution in [3.63, 3.8) is 0 Å². The number of carbonyl (C=O) groups is 2. The summed E-state index contributed by atoms with van der Waals surface area (Å²) in [4.78, 5) is 37.6. The summed E-state index contributed by atoms with van der Waals surface area (Å²) in [6.45, 7) is 6.44. The number of aliphatic imine (C=N–C) groups is 2. The third-order valence-electron chi connectivity index (χ3n) is 6.32. The largest absolute Gasteiger partial charge is 0.373 e. The number of hydrazine groups is 1. The number of fused-ring (bicyclic) bond motifs is 1. The van der Waals surface area contributed by atoms with Crippen molar-refractivity contribution in [2.75, 3.05) is 46.8 Å². The van der Waals surface area contributed by atoms with Gasteiger partial charge in [0.15, 0.2) is 5.84 Å². The summed E-state index contributed by atoms with van der Waals surface area (Å²) in [5.74, 6) is 0.354. The molecule has 188 valence electrons. The van der Waals surface area contributed by atoms with E-state index in [1.807, 2.05) is 11.9 Å². The topological polar surface area (TPSA) is 105 Å². The van der Waals surface area contributed by atoms with Crippen molar-refractivity contribution in [1.29, 1.82) is 0 Å². The highest BCUT2D eigenvalue weighted by atomic mass is 16.2. The lowest BCUT2D eigenvalue weighted by atomic mass is 10.00. The van der Waals surface area contributed by atoms with Gasteiger partial charge in [0.05, 0.1) is 19.1 Å². The fraction of sp³-hybridized carbons (Fsp3) is 0.520. The Morgan fingerprint density at radius 1 is 1.26 bits per heavy atom. The summed E-state index contributed by atoms with van der Waals surface area (Å²) in [5.41, 5.74) is 6.45. The zero-order valence-electron chi connectivity index (χ0n) is 20.8. The van der Waals surface area contributed by atoms with Gasteiger partial charge in [0, 0.05) is 52.6 Å². The molecule has 10 nitrogen and oxygen atoms in total. The minimum atomic E-state index is -0.166. The highest BCUT2D eigenvalue weighted by Crippen LogP contribution is 2.18. The van der Waals surface area contributed by atoms with Crippen molar-refractivity contribution >= 4 is 23.9 Å². The summed E-state index contributed by atoms with van der Waals surface area (Å²) >= 11 is 0. The summed E-state index contributed by atoms with van der Waals surface area (Å²) in [6.07, 6.45) is 5.24. The Kier molecular flexibility index (Phi) is 8.27. The lowest BCUT2D eigenvalue weighted by Crippen LogP contribution is -2.63. The molecule has 3 aliphatic heterocycles. The average Bonchev–Trinajstić information content (AvgIpc) is 3.01. The Bertz CT molecular complexity index is 1010. The molecule has 0 aliphatic carbocycles. The van der Waals surface area contributed by atoms with Crippen LogP contribution in [0.5, 0.6) is 0 Å². The van der Waals surface area contributed by atoms with Crippen LogP contribution in [0.1, 0.15) is 24.5 Å². The second-order valence-corrected chi connectivity index (χ2v) is 9.47. The average molecular weight is 481 g/mol. The van der Waals surface area contributed by atoms with E-state index in [1.54, 1.807) is 31.3 Å². The molecule has 2 atom stereocenters. The van der Waals surface area contributed by atoms with E-state index in [0.29, 0.717) is 31.2 Å². The molecular weight excluding hydrogens is 444 g/mol. The molecule has 0 aromatic heterocycles. The monoisotopic (exact) mass is 480 g/mol. The number of hydrogen-bond donors (Lipinski definition) is 3. The number of amidine groups is 1. The number of amides is 2. The molecule has 3 aliphatic rings. The Hall–Kier alpha value is -3.08. The maximum atomic E-state index is 12.8. The number of nitrogens with one attached hydrogen (secondary N) is 3. The first kappa shape index (κ1) is 25.0. The van der Waals surface area contributed by atoms with E-state index in [0.717, 1.165) is 32.5 Å². The molecule has 2 unspecified atom stereocenters.